The largest absolute Gasteiger partial charge is 0.355 e. The summed E-state index contributed by atoms with van der Waals surface area (Å²) in [6.45, 7) is 5.61. The third kappa shape index (κ3) is 3.99. The van der Waals surface area contributed by atoms with Gasteiger partial charge in [-0.1, -0.05) is 37.0 Å². The van der Waals surface area contributed by atoms with Crippen molar-refractivity contribution in [2.75, 3.05) is 24.7 Å². The lowest BCUT2D eigenvalue weighted by Gasteiger charge is -2.20. The summed E-state index contributed by atoms with van der Waals surface area (Å²) in [5.41, 5.74) is 3.36. The number of nitrogens with zero attached hydrogens (tertiary/aromatic N) is 2. The van der Waals surface area contributed by atoms with E-state index in [9.17, 15) is 4.79 Å². The quantitative estimate of drug-likeness (QED) is 0.867. The van der Waals surface area contributed by atoms with Crippen LogP contribution in [-0.2, 0) is 9.73 Å². The van der Waals surface area contributed by atoms with Gasteiger partial charge in [-0.2, -0.15) is 4.94 Å². The Labute approximate surface area is 128 Å². The molecule has 1 aliphatic heterocycles. The molecule has 1 fully saturated rings. The first kappa shape index (κ1) is 15.4. The van der Waals surface area contributed by atoms with Crippen molar-refractivity contribution in [2.45, 2.75) is 13.8 Å². The molecule has 110 valence electrons. The summed E-state index contributed by atoms with van der Waals surface area (Å²) < 4.78 is 0. The van der Waals surface area contributed by atoms with Crippen LogP contribution < -0.4 is 10.4 Å². The molecule has 1 heterocycles. The van der Waals surface area contributed by atoms with E-state index in [4.69, 9.17) is 28.1 Å². The Balaban J connectivity index is 1.90. The summed E-state index contributed by atoms with van der Waals surface area (Å²) in [6, 6.07) is 5.40. The molecule has 1 saturated heterocycles. The van der Waals surface area contributed by atoms with Crippen molar-refractivity contribution < 1.29 is 9.73 Å². The summed E-state index contributed by atoms with van der Waals surface area (Å²) in [5.74, 6) is -0.255. The molecule has 0 atom stereocenters. The Hall–Kier alpha value is -1.01. The zero-order valence-corrected chi connectivity index (χ0v) is 12.9. The highest BCUT2D eigenvalue weighted by molar-refractivity contribution is 6.35. The number of halogens is 2. The van der Waals surface area contributed by atoms with Crippen molar-refractivity contribution in [2.24, 2.45) is 5.92 Å². The normalized spacial score (nSPS) is 15.9. The molecule has 1 aliphatic rings. The molecule has 0 spiro atoms. The molecule has 20 heavy (non-hydrogen) atoms. The lowest BCUT2D eigenvalue weighted by atomic mass is 10.2. The molecule has 0 unspecified atom stereocenters. The van der Waals surface area contributed by atoms with E-state index in [1.54, 1.807) is 11.1 Å². The van der Waals surface area contributed by atoms with Crippen LogP contribution in [0.2, 0.25) is 10.0 Å². The van der Waals surface area contributed by atoms with E-state index in [1.165, 1.54) is 0 Å². The molecule has 0 aliphatic carbocycles. The maximum atomic E-state index is 11.4. The number of amides is 1. The average Bonchev–Trinajstić information content (AvgIpc) is 2.83. The predicted molar refractivity (Wildman–Crippen MR) is 79.4 cm³/mol. The fraction of sp³-hybridized carbons (Fsp3) is 0.462. The molecule has 2 rings (SSSR count). The number of benzene rings is 1. The topological polar surface area (TPSA) is 44.8 Å². The number of carbonyl (C=O) groups is 1. The van der Waals surface area contributed by atoms with E-state index in [0.29, 0.717) is 23.3 Å². The highest BCUT2D eigenvalue weighted by Gasteiger charge is 2.22. The van der Waals surface area contributed by atoms with Crippen molar-refractivity contribution >= 4 is 34.8 Å². The summed E-state index contributed by atoms with van der Waals surface area (Å²) in [7, 11) is 0. The van der Waals surface area contributed by atoms with Crippen molar-refractivity contribution in [3.8, 4) is 0 Å². The first-order valence-corrected chi connectivity index (χ1v) is 7.14. The van der Waals surface area contributed by atoms with Crippen LogP contribution in [0.25, 0.3) is 0 Å². The van der Waals surface area contributed by atoms with Crippen LogP contribution in [0.4, 0.5) is 5.69 Å². The third-order valence-corrected chi connectivity index (χ3v) is 3.40. The molecular formula is C13H17Cl2N3O2. The minimum absolute atomic E-state index is 0.111. The van der Waals surface area contributed by atoms with Gasteiger partial charge in [-0.15, -0.1) is 5.06 Å². The second kappa shape index (κ2) is 6.63. The molecule has 1 N–H and O–H groups in total. The molecule has 0 bridgehead atoms. The van der Waals surface area contributed by atoms with Gasteiger partial charge in [0.1, 0.15) is 0 Å². The number of hydroxylamine groups is 3. The zero-order chi connectivity index (χ0) is 14.7. The van der Waals surface area contributed by atoms with Crippen LogP contribution in [0, 0.1) is 5.92 Å². The van der Waals surface area contributed by atoms with Crippen molar-refractivity contribution in [3.63, 3.8) is 0 Å². The predicted octanol–water partition coefficient (Wildman–Crippen LogP) is 2.69. The molecule has 0 aromatic heterocycles. The van der Waals surface area contributed by atoms with Crippen LogP contribution in [0.15, 0.2) is 18.2 Å². The van der Waals surface area contributed by atoms with E-state index >= 15 is 0 Å². The minimum Gasteiger partial charge on any atom is -0.355 e. The highest BCUT2D eigenvalue weighted by atomic mass is 35.5. The van der Waals surface area contributed by atoms with E-state index < -0.39 is 0 Å². The maximum absolute atomic E-state index is 11.4. The SMILES string of the molecule is CC(C)C(=O)NON1CCN(c2cc(Cl)cc(Cl)c2)C1. The van der Waals surface area contributed by atoms with Gasteiger partial charge >= 0.3 is 0 Å². The molecule has 7 heteroatoms. The van der Waals surface area contributed by atoms with Gasteiger partial charge in [0.05, 0.1) is 6.67 Å². The summed E-state index contributed by atoms with van der Waals surface area (Å²) in [6.07, 6.45) is 0. The van der Waals surface area contributed by atoms with Gasteiger partial charge in [-0.05, 0) is 18.2 Å². The van der Waals surface area contributed by atoms with E-state index in [-0.39, 0.29) is 11.8 Å². The minimum atomic E-state index is -0.144. The van der Waals surface area contributed by atoms with Gasteiger partial charge in [0, 0.05) is 34.7 Å². The van der Waals surface area contributed by atoms with Gasteiger partial charge in [-0.3, -0.25) is 4.79 Å². The van der Waals surface area contributed by atoms with Crippen LogP contribution in [0.5, 0.6) is 0 Å². The molecular weight excluding hydrogens is 301 g/mol. The lowest BCUT2D eigenvalue weighted by Crippen LogP contribution is -2.36. The van der Waals surface area contributed by atoms with E-state index in [0.717, 1.165) is 12.2 Å². The van der Waals surface area contributed by atoms with Crippen LogP contribution in [0.1, 0.15) is 13.8 Å². The van der Waals surface area contributed by atoms with Crippen molar-refractivity contribution in [3.05, 3.63) is 28.2 Å². The first-order valence-electron chi connectivity index (χ1n) is 6.38. The van der Waals surface area contributed by atoms with Gasteiger partial charge in [-0.25, -0.2) is 5.48 Å². The molecule has 0 radical (unpaired) electrons. The number of anilines is 1. The van der Waals surface area contributed by atoms with Gasteiger partial charge in [0.25, 0.3) is 0 Å². The van der Waals surface area contributed by atoms with Gasteiger partial charge in [0.2, 0.25) is 5.91 Å². The Kier molecular flexibility index (Phi) is 5.10. The molecule has 0 saturated carbocycles. The lowest BCUT2D eigenvalue weighted by molar-refractivity contribution is -0.203. The summed E-state index contributed by atoms with van der Waals surface area (Å²) in [5, 5.41) is 2.87. The van der Waals surface area contributed by atoms with Crippen LogP contribution >= 0.6 is 23.2 Å². The number of nitrogens with one attached hydrogen (secondary N) is 1. The summed E-state index contributed by atoms with van der Waals surface area (Å²) in [4.78, 5) is 18.8. The Morgan fingerprint density at radius 2 is 1.90 bits per heavy atom. The fourth-order valence-electron chi connectivity index (χ4n) is 1.80. The third-order valence-electron chi connectivity index (χ3n) is 2.96. The van der Waals surface area contributed by atoms with E-state index in [2.05, 4.69) is 10.4 Å². The second-order valence-corrected chi connectivity index (χ2v) is 5.82. The van der Waals surface area contributed by atoms with Crippen LogP contribution in [-0.4, -0.2) is 30.7 Å². The maximum Gasteiger partial charge on any atom is 0.247 e. The molecule has 5 nitrogen and oxygen atoms in total. The van der Waals surface area contributed by atoms with Gasteiger partial charge in [0.15, 0.2) is 0 Å². The molecule has 1 amide bonds. The Morgan fingerprint density at radius 3 is 2.50 bits per heavy atom. The smallest absolute Gasteiger partial charge is 0.247 e. The molecule has 1 aromatic rings. The monoisotopic (exact) mass is 317 g/mol. The first-order chi connectivity index (χ1) is 9.45. The van der Waals surface area contributed by atoms with Crippen molar-refractivity contribution in [1.29, 1.82) is 0 Å². The highest BCUT2D eigenvalue weighted by Crippen LogP contribution is 2.26. The van der Waals surface area contributed by atoms with Gasteiger partial charge < -0.3 is 4.90 Å². The summed E-state index contributed by atoms with van der Waals surface area (Å²) >= 11 is 12.0. The molecule has 1 aromatic carbocycles. The average molecular weight is 318 g/mol. The standard InChI is InChI=1S/C13H17Cl2N3O2/c1-9(2)13(19)16-20-18-4-3-17(8-18)12-6-10(14)5-11(15)7-12/h5-7,9H,3-4,8H2,1-2H3,(H,16,19). The Morgan fingerprint density at radius 1 is 1.25 bits per heavy atom. The fourth-order valence-corrected chi connectivity index (χ4v) is 2.31. The Bertz CT molecular complexity index is 476. The van der Waals surface area contributed by atoms with Crippen LogP contribution in [0.3, 0.4) is 0 Å². The van der Waals surface area contributed by atoms with Crippen molar-refractivity contribution in [1.82, 2.24) is 10.5 Å². The zero-order valence-electron chi connectivity index (χ0n) is 11.4. The number of rotatable bonds is 4. The number of hydrogen-bond donors (Lipinski definition) is 1. The number of carbonyl (C=O) groups excluding carboxylic acids is 1. The van der Waals surface area contributed by atoms with E-state index in [1.807, 2.05) is 26.0 Å². The second-order valence-electron chi connectivity index (χ2n) is 4.95. The number of hydrogen-bond acceptors (Lipinski definition) is 4.